The summed E-state index contributed by atoms with van der Waals surface area (Å²) in [6.07, 6.45) is 1.88. The molecule has 0 unspecified atom stereocenters. The zero-order valence-corrected chi connectivity index (χ0v) is 15.1. The molecule has 6 heteroatoms. The van der Waals surface area contributed by atoms with Crippen molar-refractivity contribution in [2.24, 2.45) is 7.05 Å². The maximum Gasteiger partial charge on any atom is 0.253 e. The van der Waals surface area contributed by atoms with Gasteiger partial charge in [0.25, 0.3) is 5.91 Å². The van der Waals surface area contributed by atoms with E-state index >= 15 is 0 Å². The second-order valence-electron chi connectivity index (χ2n) is 6.42. The number of amides is 1. The van der Waals surface area contributed by atoms with Crippen LogP contribution >= 0.6 is 0 Å². The predicted molar refractivity (Wildman–Crippen MR) is 96.3 cm³/mol. The normalized spacial score (nSPS) is 10.9. The van der Waals surface area contributed by atoms with E-state index in [4.69, 9.17) is 0 Å². The highest BCUT2D eigenvalue weighted by molar-refractivity contribution is 5.94. The first-order chi connectivity index (χ1) is 11.9. The van der Waals surface area contributed by atoms with Gasteiger partial charge in [-0.15, -0.1) is 0 Å². The third-order valence-corrected chi connectivity index (χ3v) is 4.15. The third kappa shape index (κ3) is 3.96. The monoisotopic (exact) mass is 337 g/mol. The van der Waals surface area contributed by atoms with Gasteiger partial charge in [-0.3, -0.25) is 14.2 Å². The molecule has 0 bridgehead atoms. The minimum atomic E-state index is -0.0108. The van der Waals surface area contributed by atoms with E-state index in [2.05, 4.69) is 16.3 Å². The first-order valence-corrected chi connectivity index (χ1v) is 8.26. The van der Waals surface area contributed by atoms with E-state index in [1.165, 1.54) is 0 Å². The lowest BCUT2D eigenvalue weighted by molar-refractivity contribution is 0.0783. The largest absolute Gasteiger partial charge is 0.336 e. The van der Waals surface area contributed by atoms with Gasteiger partial charge in [0.05, 0.1) is 24.5 Å². The van der Waals surface area contributed by atoms with Gasteiger partial charge in [0, 0.05) is 31.5 Å². The molecule has 0 saturated carbocycles. The molecule has 3 rings (SSSR count). The van der Waals surface area contributed by atoms with Crippen molar-refractivity contribution in [1.82, 2.24) is 24.5 Å². The minimum absolute atomic E-state index is 0.0108. The highest BCUT2D eigenvalue weighted by Gasteiger charge is 2.13. The average molecular weight is 337 g/mol. The van der Waals surface area contributed by atoms with Crippen LogP contribution in [-0.4, -0.2) is 37.4 Å². The lowest BCUT2D eigenvalue weighted by atomic mass is 10.1. The summed E-state index contributed by atoms with van der Waals surface area (Å²) in [7, 11) is 3.66. The second kappa shape index (κ2) is 6.93. The summed E-state index contributed by atoms with van der Waals surface area (Å²) < 4.78 is 3.71. The van der Waals surface area contributed by atoms with Gasteiger partial charge >= 0.3 is 0 Å². The van der Waals surface area contributed by atoms with E-state index in [1.807, 2.05) is 62.1 Å². The predicted octanol–water partition coefficient (Wildman–Crippen LogP) is 2.55. The van der Waals surface area contributed by atoms with Crippen molar-refractivity contribution in [3.8, 4) is 0 Å². The molecule has 0 aliphatic heterocycles. The van der Waals surface area contributed by atoms with Gasteiger partial charge in [-0.05, 0) is 43.7 Å². The number of carbonyl (C=O) groups is 1. The molecule has 0 N–H and O–H groups in total. The van der Waals surface area contributed by atoms with Crippen LogP contribution < -0.4 is 0 Å². The van der Waals surface area contributed by atoms with Crippen molar-refractivity contribution in [1.29, 1.82) is 0 Å². The van der Waals surface area contributed by atoms with E-state index < -0.39 is 0 Å². The molecule has 0 saturated heterocycles. The highest BCUT2D eigenvalue weighted by Crippen LogP contribution is 2.11. The van der Waals surface area contributed by atoms with Gasteiger partial charge < -0.3 is 4.90 Å². The number of rotatable bonds is 5. The molecule has 3 aromatic rings. The molecular formula is C19H23N5O. The average Bonchev–Trinajstić information content (AvgIpc) is 3.12. The summed E-state index contributed by atoms with van der Waals surface area (Å²) >= 11 is 0. The summed E-state index contributed by atoms with van der Waals surface area (Å²) in [6.45, 7) is 5.23. The Morgan fingerprint density at radius 1 is 1.12 bits per heavy atom. The number of aromatic nitrogens is 4. The fourth-order valence-electron chi connectivity index (χ4n) is 2.84. The van der Waals surface area contributed by atoms with Crippen LogP contribution in [0.2, 0.25) is 0 Å². The maximum atomic E-state index is 12.6. The SMILES string of the molecule is Cc1cc(C)n(Cc2ccc(C(=O)N(C)Cc3ccn(C)n3)cc2)n1. The number of hydrogen-bond acceptors (Lipinski definition) is 3. The van der Waals surface area contributed by atoms with Gasteiger partial charge in [-0.25, -0.2) is 0 Å². The van der Waals surface area contributed by atoms with Gasteiger partial charge in [0.1, 0.15) is 0 Å². The Labute approximate surface area is 147 Å². The first-order valence-electron chi connectivity index (χ1n) is 8.26. The Morgan fingerprint density at radius 3 is 2.40 bits per heavy atom. The maximum absolute atomic E-state index is 12.6. The van der Waals surface area contributed by atoms with Crippen molar-refractivity contribution in [2.75, 3.05) is 7.05 Å². The van der Waals surface area contributed by atoms with E-state index in [0.717, 1.165) is 22.6 Å². The molecule has 1 aromatic carbocycles. The highest BCUT2D eigenvalue weighted by atomic mass is 16.2. The molecule has 0 aliphatic rings. The van der Waals surface area contributed by atoms with Crippen molar-refractivity contribution in [3.63, 3.8) is 0 Å². The topological polar surface area (TPSA) is 56.0 Å². The van der Waals surface area contributed by atoms with Crippen LogP contribution in [0.4, 0.5) is 0 Å². The molecule has 25 heavy (non-hydrogen) atoms. The molecule has 0 spiro atoms. The lowest BCUT2D eigenvalue weighted by Gasteiger charge is -2.16. The minimum Gasteiger partial charge on any atom is -0.336 e. The molecule has 0 radical (unpaired) electrons. The van der Waals surface area contributed by atoms with Gasteiger partial charge in [0.2, 0.25) is 0 Å². The zero-order valence-electron chi connectivity index (χ0n) is 15.1. The third-order valence-electron chi connectivity index (χ3n) is 4.15. The van der Waals surface area contributed by atoms with E-state index in [9.17, 15) is 4.79 Å². The van der Waals surface area contributed by atoms with E-state index in [0.29, 0.717) is 18.7 Å². The Morgan fingerprint density at radius 2 is 1.84 bits per heavy atom. The van der Waals surface area contributed by atoms with E-state index in [1.54, 1.807) is 16.6 Å². The number of carbonyl (C=O) groups excluding carboxylic acids is 1. The summed E-state index contributed by atoms with van der Waals surface area (Å²) in [5.41, 5.74) is 4.82. The molecule has 6 nitrogen and oxygen atoms in total. The van der Waals surface area contributed by atoms with Crippen molar-refractivity contribution in [2.45, 2.75) is 26.9 Å². The van der Waals surface area contributed by atoms with Crippen LogP contribution in [0.5, 0.6) is 0 Å². The molecule has 0 atom stereocenters. The van der Waals surface area contributed by atoms with Crippen LogP contribution in [0, 0.1) is 13.8 Å². The van der Waals surface area contributed by atoms with Crippen LogP contribution in [0.15, 0.2) is 42.6 Å². The molecular weight excluding hydrogens is 314 g/mol. The number of hydrogen-bond donors (Lipinski definition) is 0. The molecule has 2 aromatic heterocycles. The number of nitrogens with zero attached hydrogens (tertiary/aromatic N) is 5. The molecule has 2 heterocycles. The van der Waals surface area contributed by atoms with E-state index in [-0.39, 0.29) is 5.91 Å². The summed E-state index contributed by atoms with van der Waals surface area (Å²) in [4.78, 5) is 14.2. The van der Waals surface area contributed by atoms with Crippen molar-refractivity contribution >= 4 is 5.91 Å². The van der Waals surface area contributed by atoms with Crippen LogP contribution in [-0.2, 0) is 20.1 Å². The Balaban J connectivity index is 1.66. The Bertz CT molecular complexity index is 876. The van der Waals surface area contributed by atoms with Crippen LogP contribution in [0.1, 0.15) is 33.0 Å². The molecule has 0 aliphatic carbocycles. The van der Waals surface area contributed by atoms with Crippen molar-refractivity contribution in [3.05, 3.63) is 70.8 Å². The second-order valence-corrected chi connectivity index (χ2v) is 6.42. The van der Waals surface area contributed by atoms with Gasteiger partial charge in [-0.2, -0.15) is 10.2 Å². The Hall–Kier alpha value is -2.89. The number of aryl methyl sites for hydroxylation is 3. The lowest BCUT2D eigenvalue weighted by Crippen LogP contribution is -2.26. The number of benzene rings is 1. The molecule has 130 valence electrons. The molecule has 0 fully saturated rings. The van der Waals surface area contributed by atoms with Gasteiger partial charge in [-0.1, -0.05) is 12.1 Å². The fourth-order valence-corrected chi connectivity index (χ4v) is 2.84. The fraction of sp³-hybridized carbons (Fsp3) is 0.316. The van der Waals surface area contributed by atoms with Gasteiger partial charge in [0.15, 0.2) is 0 Å². The zero-order chi connectivity index (χ0) is 18.0. The standard InChI is InChI=1S/C19H23N5O/c1-14-11-15(2)24(20-14)12-16-5-7-17(8-6-16)19(25)22(3)13-18-9-10-23(4)21-18/h5-11H,12-13H2,1-4H3. The molecule has 1 amide bonds. The first kappa shape index (κ1) is 17.0. The summed E-state index contributed by atoms with van der Waals surface area (Å²) in [6, 6.07) is 11.7. The Kier molecular flexibility index (Phi) is 4.70. The summed E-state index contributed by atoms with van der Waals surface area (Å²) in [5, 5.41) is 8.78. The quantitative estimate of drug-likeness (QED) is 0.719. The van der Waals surface area contributed by atoms with Crippen molar-refractivity contribution < 1.29 is 4.79 Å². The smallest absolute Gasteiger partial charge is 0.253 e. The summed E-state index contributed by atoms with van der Waals surface area (Å²) in [5.74, 6) is -0.0108. The van der Waals surface area contributed by atoms with Crippen LogP contribution in [0.3, 0.4) is 0 Å². The van der Waals surface area contributed by atoms with Crippen LogP contribution in [0.25, 0.3) is 0 Å².